The smallest absolute Gasteiger partial charge is 0.331 e. The Hall–Kier alpha value is -4.60. The molecule has 0 saturated heterocycles. The zero-order valence-electron chi connectivity index (χ0n) is 19.7. The number of carbonyl (C=O) groups excluding carboxylic acids is 2. The predicted octanol–water partition coefficient (Wildman–Crippen LogP) is 1.79. The Labute approximate surface area is 206 Å². The van der Waals surface area contributed by atoms with Gasteiger partial charge in [-0.25, -0.2) is 4.79 Å². The fraction of sp³-hybridized carbons (Fsp3) is 0.231. The number of hydrogen-bond donors (Lipinski definition) is 2. The van der Waals surface area contributed by atoms with Gasteiger partial charge in [0.2, 0.25) is 11.8 Å². The Balaban J connectivity index is 1.50. The van der Waals surface area contributed by atoms with Crippen molar-refractivity contribution in [3.63, 3.8) is 0 Å². The number of nitrogens with one attached hydrogen (secondary N) is 2. The molecule has 0 aliphatic carbocycles. The van der Waals surface area contributed by atoms with Crippen LogP contribution >= 0.6 is 0 Å². The van der Waals surface area contributed by atoms with Gasteiger partial charge < -0.3 is 19.8 Å². The largest absolute Gasteiger partial charge is 0.496 e. The van der Waals surface area contributed by atoms with E-state index in [1.165, 1.54) is 10.8 Å². The van der Waals surface area contributed by atoms with Gasteiger partial charge in [-0.2, -0.15) is 0 Å². The number of rotatable bonds is 10. The summed E-state index contributed by atoms with van der Waals surface area (Å²) in [4.78, 5) is 51.3. The Bertz CT molecular complexity index is 1490. The molecule has 2 amide bonds. The lowest BCUT2D eigenvalue weighted by Crippen LogP contribution is -2.43. The van der Waals surface area contributed by atoms with Gasteiger partial charge in [0, 0.05) is 25.1 Å². The highest BCUT2D eigenvalue weighted by atomic mass is 16.5. The van der Waals surface area contributed by atoms with Crippen LogP contribution in [0.2, 0.25) is 0 Å². The van der Waals surface area contributed by atoms with Crippen LogP contribution in [-0.4, -0.2) is 28.1 Å². The van der Waals surface area contributed by atoms with Crippen LogP contribution in [0.1, 0.15) is 17.7 Å². The molecule has 2 aromatic heterocycles. The van der Waals surface area contributed by atoms with E-state index in [1.54, 1.807) is 49.6 Å². The van der Waals surface area contributed by atoms with E-state index in [4.69, 9.17) is 9.15 Å². The summed E-state index contributed by atoms with van der Waals surface area (Å²) < 4.78 is 12.7. The Kier molecular flexibility index (Phi) is 7.64. The molecule has 2 aromatic carbocycles. The molecular formula is C26H26N4O6. The lowest BCUT2D eigenvalue weighted by molar-refractivity contribution is -0.122. The fourth-order valence-corrected chi connectivity index (χ4v) is 3.86. The first-order valence-electron chi connectivity index (χ1n) is 11.4. The molecule has 0 radical (unpaired) electrons. The van der Waals surface area contributed by atoms with Crippen molar-refractivity contribution >= 4 is 22.7 Å². The van der Waals surface area contributed by atoms with Crippen molar-refractivity contribution in [1.29, 1.82) is 0 Å². The Morgan fingerprint density at radius 1 is 0.889 bits per heavy atom. The molecule has 10 heteroatoms. The molecule has 0 fully saturated rings. The van der Waals surface area contributed by atoms with E-state index in [9.17, 15) is 19.2 Å². The summed E-state index contributed by atoms with van der Waals surface area (Å²) in [7, 11) is 1.55. The van der Waals surface area contributed by atoms with E-state index < -0.39 is 17.2 Å². The maximum Gasteiger partial charge on any atom is 0.331 e. The normalized spacial score (nSPS) is 10.8. The third kappa shape index (κ3) is 5.54. The summed E-state index contributed by atoms with van der Waals surface area (Å²) in [6.45, 7) is -0.00529. The average molecular weight is 491 g/mol. The van der Waals surface area contributed by atoms with Crippen LogP contribution in [0, 0.1) is 0 Å². The summed E-state index contributed by atoms with van der Waals surface area (Å²) in [5.41, 5.74) is -0.0265. The van der Waals surface area contributed by atoms with E-state index in [0.29, 0.717) is 17.0 Å². The van der Waals surface area contributed by atoms with Crippen molar-refractivity contribution in [2.75, 3.05) is 7.11 Å². The van der Waals surface area contributed by atoms with Gasteiger partial charge in [-0.3, -0.25) is 23.5 Å². The zero-order chi connectivity index (χ0) is 25.5. The van der Waals surface area contributed by atoms with Crippen LogP contribution < -0.4 is 26.6 Å². The van der Waals surface area contributed by atoms with E-state index >= 15 is 0 Å². The second-order valence-electron chi connectivity index (χ2n) is 8.04. The highest BCUT2D eigenvalue weighted by Crippen LogP contribution is 2.16. The third-order valence-corrected chi connectivity index (χ3v) is 5.70. The molecule has 0 saturated carbocycles. The van der Waals surface area contributed by atoms with Gasteiger partial charge in [-0.15, -0.1) is 0 Å². The van der Waals surface area contributed by atoms with Gasteiger partial charge >= 0.3 is 5.69 Å². The van der Waals surface area contributed by atoms with Crippen LogP contribution in [0.15, 0.2) is 80.9 Å². The van der Waals surface area contributed by atoms with Crippen molar-refractivity contribution in [3.8, 4) is 5.75 Å². The Morgan fingerprint density at radius 3 is 2.42 bits per heavy atom. The van der Waals surface area contributed by atoms with Gasteiger partial charge in [0.15, 0.2) is 0 Å². The monoisotopic (exact) mass is 490 g/mol. The van der Waals surface area contributed by atoms with Gasteiger partial charge in [-0.1, -0.05) is 30.3 Å². The molecular weight excluding hydrogens is 464 g/mol. The molecule has 0 aliphatic rings. The molecule has 36 heavy (non-hydrogen) atoms. The van der Waals surface area contributed by atoms with E-state index in [1.807, 2.05) is 18.2 Å². The van der Waals surface area contributed by atoms with Gasteiger partial charge in [0.25, 0.3) is 5.56 Å². The highest BCUT2D eigenvalue weighted by Gasteiger charge is 2.16. The maximum absolute atomic E-state index is 13.2. The Morgan fingerprint density at radius 2 is 1.64 bits per heavy atom. The molecule has 186 valence electrons. The molecule has 4 rings (SSSR count). The zero-order valence-corrected chi connectivity index (χ0v) is 19.7. The first-order valence-corrected chi connectivity index (χ1v) is 11.4. The number of hydrogen-bond acceptors (Lipinski definition) is 6. The summed E-state index contributed by atoms with van der Waals surface area (Å²) >= 11 is 0. The van der Waals surface area contributed by atoms with Crippen LogP contribution in [0.4, 0.5) is 0 Å². The number of aromatic nitrogens is 2. The summed E-state index contributed by atoms with van der Waals surface area (Å²) in [6, 6.07) is 17.3. The number of nitrogens with zero attached hydrogens (tertiary/aromatic N) is 2. The summed E-state index contributed by atoms with van der Waals surface area (Å²) in [5.74, 6) is 0.475. The number of para-hydroxylation sites is 2. The van der Waals surface area contributed by atoms with Gasteiger partial charge in [-0.05, 0) is 30.3 Å². The van der Waals surface area contributed by atoms with E-state index in [0.717, 1.165) is 10.1 Å². The van der Waals surface area contributed by atoms with Crippen LogP contribution in [0.25, 0.3) is 10.9 Å². The van der Waals surface area contributed by atoms with E-state index in [-0.39, 0.29) is 43.9 Å². The minimum atomic E-state index is -0.663. The second kappa shape index (κ2) is 11.2. The number of fused-ring (bicyclic) bond motifs is 1. The summed E-state index contributed by atoms with van der Waals surface area (Å²) in [6.07, 6.45) is 1.41. The number of methoxy groups -OCH3 is 1. The average Bonchev–Trinajstić information content (AvgIpc) is 3.42. The van der Waals surface area contributed by atoms with Crippen molar-refractivity contribution in [2.24, 2.45) is 0 Å². The molecule has 2 N–H and O–H groups in total. The number of carbonyl (C=O) groups is 2. The molecule has 0 unspecified atom stereocenters. The first kappa shape index (κ1) is 24.5. The highest BCUT2D eigenvalue weighted by molar-refractivity contribution is 5.81. The van der Waals surface area contributed by atoms with Gasteiger partial charge in [0.1, 0.15) is 18.1 Å². The lowest BCUT2D eigenvalue weighted by Gasteiger charge is -2.14. The first-order chi connectivity index (χ1) is 17.5. The molecule has 2 heterocycles. The van der Waals surface area contributed by atoms with E-state index in [2.05, 4.69) is 10.6 Å². The van der Waals surface area contributed by atoms with Crippen LogP contribution in [0.3, 0.4) is 0 Å². The predicted molar refractivity (Wildman–Crippen MR) is 132 cm³/mol. The van der Waals surface area contributed by atoms with Crippen molar-refractivity contribution in [3.05, 3.63) is 99.1 Å². The number of amides is 2. The minimum Gasteiger partial charge on any atom is -0.496 e. The molecule has 0 atom stereocenters. The van der Waals surface area contributed by atoms with Crippen LogP contribution in [0.5, 0.6) is 5.75 Å². The molecule has 0 bridgehead atoms. The molecule has 4 aromatic rings. The van der Waals surface area contributed by atoms with Crippen LogP contribution in [-0.2, 0) is 35.8 Å². The number of benzene rings is 2. The number of ether oxygens (including phenoxy) is 1. The van der Waals surface area contributed by atoms with Crippen molar-refractivity contribution in [1.82, 2.24) is 19.8 Å². The topological polar surface area (TPSA) is 125 Å². The quantitative estimate of drug-likeness (QED) is 0.349. The second-order valence-corrected chi connectivity index (χ2v) is 8.04. The lowest BCUT2D eigenvalue weighted by atomic mass is 10.2. The van der Waals surface area contributed by atoms with Crippen molar-refractivity contribution < 1.29 is 18.7 Å². The maximum atomic E-state index is 13.2. The fourth-order valence-electron chi connectivity index (χ4n) is 3.86. The minimum absolute atomic E-state index is 0.0900. The molecule has 0 spiro atoms. The SMILES string of the molecule is COc1ccccc1CNC(=O)CCn1c(=O)c2ccccc2n(CC(=O)NCc2ccco2)c1=O. The van der Waals surface area contributed by atoms with Crippen molar-refractivity contribution in [2.45, 2.75) is 32.6 Å². The van der Waals surface area contributed by atoms with Gasteiger partial charge in [0.05, 0.1) is 30.8 Å². The third-order valence-electron chi connectivity index (χ3n) is 5.70. The standard InChI is InChI=1S/C26H26N4O6/c1-35-22-11-5-2-7-18(22)15-27-23(31)12-13-29-25(33)20-9-3-4-10-21(20)30(26(29)34)17-24(32)28-16-19-8-6-14-36-19/h2-11,14H,12-13,15-17H2,1H3,(H,27,31)(H,28,32). The number of furan rings is 1. The molecule has 0 aliphatic heterocycles. The molecule has 10 nitrogen and oxygen atoms in total. The summed E-state index contributed by atoms with van der Waals surface area (Å²) in [5, 5.41) is 5.76.